The molecule has 4 atom stereocenters. The van der Waals surface area contributed by atoms with Crippen molar-refractivity contribution < 1.29 is 38.4 Å². The molecule has 20 heavy (non-hydrogen) atoms. The predicted octanol–water partition coefficient (Wildman–Crippen LogP) is -0.480. The lowest BCUT2D eigenvalue weighted by molar-refractivity contribution is -0.182. The zero-order chi connectivity index (χ0) is 15.3. The van der Waals surface area contributed by atoms with Gasteiger partial charge in [-0.2, -0.15) is 0 Å². The van der Waals surface area contributed by atoms with Gasteiger partial charge >= 0.3 is 17.9 Å². The second-order valence-corrected chi connectivity index (χ2v) is 4.39. The van der Waals surface area contributed by atoms with Crippen LogP contribution in [0.4, 0.5) is 0 Å². The SMILES string of the molecule is CC(=O)OC[C@H](OC(C)=O)[C@@H]1O[C@@H](O)C[C@H]1OC(C)=O. The van der Waals surface area contributed by atoms with Gasteiger partial charge in [-0.25, -0.2) is 0 Å². The smallest absolute Gasteiger partial charge is 0.303 e. The molecule has 0 aromatic rings. The van der Waals surface area contributed by atoms with Crippen molar-refractivity contribution in [2.24, 2.45) is 0 Å². The van der Waals surface area contributed by atoms with Crippen molar-refractivity contribution in [3.63, 3.8) is 0 Å². The number of esters is 3. The van der Waals surface area contributed by atoms with E-state index in [2.05, 4.69) is 0 Å². The van der Waals surface area contributed by atoms with Gasteiger partial charge in [0.05, 0.1) is 0 Å². The Labute approximate surface area is 115 Å². The van der Waals surface area contributed by atoms with Crippen molar-refractivity contribution in [2.45, 2.75) is 51.8 Å². The first-order valence-electron chi connectivity index (χ1n) is 6.11. The van der Waals surface area contributed by atoms with E-state index in [1.165, 1.54) is 20.8 Å². The van der Waals surface area contributed by atoms with Crippen LogP contribution in [-0.4, -0.2) is 54.2 Å². The molecular weight excluding hydrogens is 272 g/mol. The molecule has 1 aliphatic heterocycles. The highest BCUT2D eigenvalue weighted by Crippen LogP contribution is 2.26. The van der Waals surface area contributed by atoms with Crippen molar-refractivity contribution in [3.8, 4) is 0 Å². The van der Waals surface area contributed by atoms with Crippen LogP contribution in [0, 0.1) is 0 Å². The summed E-state index contributed by atoms with van der Waals surface area (Å²) in [7, 11) is 0. The Morgan fingerprint density at radius 2 is 1.85 bits per heavy atom. The van der Waals surface area contributed by atoms with E-state index in [1.54, 1.807) is 0 Å². The van der Waals surface area contributed by atoms with E-state index in [4.69, 9.17) is 18.9 Å². The topological polar surface area (TPSA) is 108 Å². The van der Waals surface area contributed by atoms with Crippen molar-refractivity contribution in [1.29, 1.82) is 0 Å². The van der Waals surface area contributed by atoms with Gasteiger partial charge in [0.25, 0.3) is 0 Å². The lowest BCUT2D eigenvalue weighted by Gasteiger charge is -2.26. The van der Waals surface area contributed by atoms with Crippen LogP contribution in [0.1, 0.15) is 27.2 Å². The molecule has 1 fully saturated rings. The zero-order valence-electron chi connectivity index (χ0n) is 11.5. The fourth-order valence-electron chi connectivity index (χ4n) is 1.92. The van der Waals surface area contributed by atoms with Crippen LogP contribution in [0.25, 0.3) is 0 Å². The maximum atomic E-state index is 11.1. The van der Waals surface area contributed by atoms with Crippen LogP contribution in [0.5, 0.6) is 0 Å². The lowest BCUT2D eigenvalue weighted by Crippen LogP contribution is -2.42. The van der Waals surface area contributed by atoms with Gasteiger partial charge < -0.3 is 24.1 Å². The average Bonchev–Trinajstić information content (AvgIpc) is 2.63. The van der Waals surface area contributed by atoms with Crippen molar-refractivity contribution >= 4 is 17.9 Å². The van der Waals surface area contributed by atoms with E-state index in [1.807, 2.05) is 0 Å². The minimum atomic E-state index is -1.14. The number of carbonyl (C=O) groups excluding carboxylic acids is 3. The van der Waals surface area contributed by atoms with Gasteiger partial charge in [-0.3, -0.25) is 14.4 Å². The van der Waals surface area contributed by atoms with Crippen molar-refractivity contribution in [1.82, 2.24) is 0 Å². The predicted molar refractivity (Wildman–Crippen MR) is 63.2 cm³/mol. The second kappa shape index (κ2) is 7.20. The summed E-state index contributed by atoms with van der Waals surface area (Å²) >= 11 is 0. The van der Waals surface area contributed by atoms with E-state index in [9.17, 15) is 19.5 Å². The first kappa shape index (κ1) is 16.4. The van der Waals surface area contributed by atoms with Crippen LogP contribution in [0.2, 0.25) is 0 Å². The Hall–Kier alpha value is -1.67. The molecule has 0 saturated carbocycles. The van der Waals surface area contributed by atoms with Crippen molar-refractivity contribution in [2.75, 3.05) is 6.61 Å². The molecule has 0 aliphatic carbocycles. The fourth-order valence-corrected chi connectivity index (χ4v) is 1.92. The van der Waals surface area contributed by atoms with Gasteiger partial charge in [0, 0.05) is 27.2 Å². The minimum Gasteiger partial charge on any atom is -0.462 e. The Balaban J connectivity index is 2.76. The third kappa shape index (κ3) is 5.14. The van der Waals surface area contributed by atoms with E-state index >= 15 is 0 Å². The largest absolute Gasteiger partial charge is 0.462 e. The van der Waals surface area contributed by atoms with E-state index in [0.717, 1.165) is 0 Å². The number of hydrogen-bond acceptors (Lipinski definition) is 8. The number of aliphatic hydroxyl groups excluding tert-OH is 1. The van der Waals surface area contributed by atoms with E-state index in [-0.39, 0.29) is 13.0 Å². The molecule has 114 valence electrons. The van der Waals surface area contributed by atoms with Crippen molar-refractivity contribution in [3.05, 3.63) is 0 Å². The van der Waals surface area contributed by atoms with Gasteiger partial charge in [0.15, 0.2) is 12.4 Å². The number of aliphatic hydroxyl groups is 1. The summed E-state index contributed by atoms with van der Waals surface area (Å²) in [5.41, 5.74) is 0. The highest BCUT2D eigenvalue weighted by atomic mass is 16.7. The van der Waals surface area contributed by atoms with Gasteiger partial charge in [-0.1, -0.05) is 0 Å². The van der Waals surface area contributed by atoms with Crippen LogP contribution < -0.4 is 0 Å². The summed E-state index contributed by atoms with van der Waals surface area (Å²) in [6.07, 6.45) is -3.71. The molecule has 0 radical (unpaired) electrons. The summed E-state index contributed by atoms with van der Waals surface area (Å²) in [5.74, 6) is -1.70. The van der Waals surface area contributed by atoms with E-state index < -0.39 is 42.5 Å². The number of ether oxygens (including phenoxy) is 4. The Bertz CT molecular complexity index is 380. The van der Waals surface area contributed by atoms with E-state index in [0.29, 0.717) is 0 Å². The summed E-state index contributed by atoms with van der Waals surface area (Å²) < 4.78 is 20.0. The van der Waals surface area contributed by atoms with Gasteiger partial charge in [-0.05, 0) is 0 Å². The Kier molecular flexibility index (Phi) is 5.90. The summed E-state index contributed by atoms with van der Waals surface area (Å²) in [5, 5.41) is 9.48. The fraction of sp³-hybridized carbons (Fsp3) is 0.750. The average molecular weight is 290 g/mol. The minimum absolute atomic E-state index is 0.0576. The third-order valence-electron chi connectivity index (χ3n) is 2.57. The monoisotopic (exact) mass is 290 g/mol. The second-order valence-electron chi connectivity index (χ2n) is 4.39. The zero-order valence-corrected chi connectivity index (χ0v) is 11.5. The number of carbonyl (C=O) groups is 3. The first-order valence-corrected chi connectivity index (χ1v) is 6.11. The van der Waals surface area contributed by atoms with Crippen LogP contribution in [-0.2, 0) is 33.3 Å². The molecule has 0 spiro atoms. The molecule has 0 aromatic heterocycles. The maximum Gasteiger partial charge on any atom is 0.303 e. The molecule has 1 heterocycles. The number of hydrogen-bond donors (Lipinski definition) is 1. The van der Waals surface area contributed by atoms with Crippen LogP contribution in [0.15, 0.2) is 0 Å². The Morgan fingerprint density at radius 3 is 2.35 bits per heavy atom. The molecule has 0 unspecified atom stereocenters. The molecule has 0 amide bonds. The van der Waals surface area contributed by atoms with Gasteiger partial charge in [-0.15, -0.1) is 0 Å². The number of rotatable bonds is 5. The molecule has 1 saturated heterocycles. The standard InChI is InChI=1S/C12H18O8/c1-6(13)17-5-10(19-8(3)15)12-9(18-7(2)14)4-11(16)20-12/h9-12,16H,4-5H2,1-3H3/t9-,10+,11-,12-/m1/s1. The Morgan fingerprint density at radius 1 is 1.20 bits per heavy atom. The highest BCUT2D eigenvalue weighted by Gasteiger charge is 2.43. The first-order chi connectivity index (χ1) is 9.29. The molecular formula is C12H18O8. The van der Waals surface area contributed by atoms with Crippen LogP contribution >= 0.6 is 0 Å². The molecule has 8 heteroatoms. The summed E-state index contributed by atoms with van der Waals surface area (Å²) in [4.78, 5) is 32.9. The molecule has 1 aliphatic rings. The molecule has 1 rings (SSSR count). The quantitative estimate of drug-likeness (QED) is 0.534. The molecule has 1 N–H and O–H groups in total. The lowest BCUT2D eigenvalue weighted by atomic mass is 10.1. The summed E-state index contributed by atoms with van der Waals surface area (Å²) in [6.45, 7) is 3.37. The highest BCUT2D eigenvalue weighted by molar-refractivity contribution is 5.67. The van der Waals surface area contributed by atoms with Gasteiger partial charge in [0.1, 0.15) is 18.8 Å². The van der Waals surface area contributed by atoms with Gasteiger partial charge in [0.2, 0.25) is 0 Å². The van der Waals surface area contributed by atoms with Crippen LogP contribution in [0.3, 0.4) is 0 Å². The maximum absolute atomic E-state index is 11.1. The molecule has 0 aromatic carbocycles. The molecule has 0 bridgehead atoms. The third-order valence-corrected chi connectivity index (χ3v) is 2.57. The summed E-state index contributed by atoms with van der Waals surface area (Å²) in [6, 6.07) is 0. The normalized spacial score (nSPS) is 26.7. The molecule has 8 nitrogen and oxygen atoms in total.